The maximum Gasteiger partial charge on any atom is 0.461 e. The van der Waals surface area contributed by atoms with E-state index in [1.165, 1.54) is 12.1 Å². The summed E-state index contributed by atoms with van der Waals surface area (Å²) in [6.07, 6.45) is -8.03. The van der Waals surface area contributed by atoms with Crippen LogP contribution in [-0.2, 0) is 13.0 Å². The third-order valence-corrected chi connectivity index (χ3v) is 5.64. The number of nitrogens with zero attached hydrogens (tertiary/aromatic N) is 1. The van der Waals surface area contributed by atoms with Crippen molar-refractivity contribution < 1.29 is 27.1 Å². The SMILES string of the molecule is CNc1ccc(Cl)cc1C(=O)N(CCc1ccc(Cl)cc1)Cc1ccc(OC(F)(F)C(F)F)cc1. The molecule has 3 aromatic carbocycles. The highest BCUT2D eigenvalue weighted by Gasteiger charge is 2.43. The van der Waals surface area contributed by atoms with Crippen LogP contribution in [-0.4, -0.2) is 36.9 Å². The zero-order chi connectivity index (χ0) is 25.6. The van der Waals surface area contributed by atoms with Crippen molar-refractivity contribution in [2.45, 2.75) is 25.5 Å². The highest BCUT2D eigenvalue weighted by molar-refractivity contribution is 6.31. The minimum absolute atomic E-state index is 0.133. The molecule has 3 aromatic rings. The first-order valence-electron chi connectivity index (χ1n) is 10.5. The first-order valence-corrected chi connectivity index (χ1v) is 11.3. The zero-order valence-electron chi connectivity index (χ0n) is 18.6. The molecule has 186 valence electrons. The van der Waals surface area contributed by atoms with Gasteiger partial charge in [-0.2, -0.15) is 17.6 Å². The molecule has 0 bridgehead atoms. The summed E-state index contributed by atoms with van der Waals surface area (Å²) in [6.45, 7) is 0.464. The van der Waals surface area contributed by atoms with Crippen LogP contribution in [0.4, 0.5) is 23.2 Å². The minimum atomic E-state index is -4.60. The Morgan fingerprint density at radius 2 is 1.57 bits per heavy atom. The van der Waals surface area contributed by atoms with Gasteiger partial charge in [0.05, 0.1) is 5.56 Å². The van der Waals surface area contributed by atoms with Crippen LogP contribution in [0.15, 0.2) is 66.7 Å². The van der Waals surface area contributed by atoms with Crippen LogP contribution in [0, 0.1) is 0 Å². The molecule has 0 unspecified atom stereocenters. The molecule has 0 fully saturated rings. The van der Waals surface area contributed by atoms with Crippen molar-refractivity contribution in [3.63, 3.8) is 0 Å². The Labute approximate surface area is 210 Å². The van der Waals surface area contributed by atoms with E-state index in [-0.39, 0.29) is 12.5 Å². The van der Waals surface area contributed by atoms with Gasteiger partial charge in [0.25, 0.3) is 5.91 Å². The summed E-state index contributed by atoms with van der Waals surface area (Å²) < 4.78 is 55.2. The van der Waals surface area contributed by atoms with Crippen molar-refractivity contribution in [2.24, 2.45) is 0 Å². The molecule has 10 heteroatoms. The van der Waals surface area contributed by atoms with Crippen molar-refractivity contribution in [3.05, 3.63) is 93.5 Å². The van der Waals surface area contributed by atoms with Gasteiger partial charge in [-0.1, -0.05) is 47.5 Å². The topological polar surface area (TPSA) is 41.6 Å². The molecule has 0 heterocycles. The Kier molecular flexibility index (Phi) is 8.86. The Hall–Kier alpha value is -2.97. The molecule has 4 nitrogen and oxygen atoms in total. The number of hydrogen-bond acceptors (Lipinski definition) is 3. The monoisotopic (exact) mass is 528 g/mol. The van der Waals surface area contributed by atoms with E-state index in [0.29, 0.717) is 39.8 Å². The molecule has 1 amide bonds. The summed E-state index contributed by atoms with van der Waals surface area (Å²) in [4.78, 5) is 15.1. The lowest BCUT2D eigenvalue weighted by molar-refractivity contribution is -0.253. The van der Waals surface area contributed by atoms with Crippen LogP contribution < -0.4 is 10.1 Å². The lowest BCUT2D eigenvalue weighted by Crippen LogP contribution is -2.33. The van der Waals surface area contributed by atoms with Crippen LogP contribution in [0.3, 0.4) is 0 Å². The number of amides is 1. The van der Waals surface area contributed by atoms with Gasteiger partial charge in [-0.25, -0.2) is 0 Å². The number of rotatable bonds is 10. The van der Waals surface area contributed by atoms with Crippen LogP contribution in [0.1, 0.15) is 21.5 Å². The molecule has 3 rings (SSSR count). The quantitative estimate of drug-likeness (QED) is 0.284. The average Bonchev–Trinajstić information content (AvgIpc) is 2.83. The number of carbonyl (C=O) groups excluding carboxylic acids is 1. The number of nitrogens with one attached hydrogen (secondary N) is 1. The van der Waals surface area contributed by atoms with Gasteiger partial charge in [-0.15, -0.1) is 0 Å². The number of hydrogen-bond donors (Lipinski definition) is 1. The predicted octanol–water partition coefficient (Wildman–Crippen LogP) is 7.16. The summed E-state index contributed by atoms with van der Waals surface area (Å²) in [5.41, 5.74) is 2.52. The van der Waals surface area contributed by atoms with Crippen LogP contribution in [0.25, 0.3) is 0 Å². The molecule has 0 aliphatic carbocycles. The van der Waals surface area contributed by atoms with E-state index in [0.717, 1.165) is 17.7 Å². The summed E-state index contributed by atoms with van der Waals surface area (Å²) in [7, 11) is 1.69. The Morgan fingerprint density at radius 1 is 0.971 bits per heavy atom. The molecule has 0 aromatic heterocycles. The number of carbonyl (C=O) groups is 1. The molecule has 0 saturated carbocycles. The number of halogens is 6. The fourth-order valence-electron chi connectivity index (χ4n) is 3.33. The van der Waals surface area contributed by atoms with Crippen molar-refractivity contribution >= 4 is 34.8 Å². The Bertz CT molecular complexity index is 1140. The van der Waals surface area contributed by atoms with Crippen LogP contribution in [0.2, 0.25) is 10.0 Å². The van der Waals surface area contributed by atoms with E-state index in [2.05, 4.69) is 10.1 Å². The highest BCUT2D eigenvalue weighted by Crippen LogP contribution is 2.28. The molecule has 0 spiro atoms. The van der Waals surface area contributed by atoms with Gasteiger partial charge in [0.2, 0.25) is 0 Å². The summed E-state index contributed by atoms with van der Waals surface area (Å²) in [5.74, 6) is -0.708. The second kappa shape index (κ2) is 11.6. The summed E-state index contributed by atoms with van der Waals surface area (Å²) in [6, 6.07) is 17.4. The van der Waals surface area contributed by atoms with E-state index in [1.807, 2.05) is 12.1 Å². The van der Waals surface area contributed by atoms with Gasteiger partial charge in [0.1, 0.15) is 5.75 Å². The lowest BCUT2D eigenvalue weighted by atomic mass is 10.1. The minimum Gasteiger partial charge on any atom is -0.428 e. The molecule has 0 aliphatic rings. The lowest BCUT2D eigenvalue weighted by Gasteiger charge is -2.25. The molecular weight excluding hydrogens is 507 g/mol. The number of alkyl halides is 4. The van der Waals surface area contributed by atoms with Crippen LogP contribution >= 0.6 is 23.2 Å². The summed E-state index contributed by atoms with van der Waals surface area (Å²) >= 11 is 12.1. The van der Waals surface area contributed by atoms with Crippen molar-refractivity contribution in [1.29, 1.82) is 0 Å². The van der Waals surface area contributed by atoms with E-state index in [9.17, 15) is 22.4 Å². The number of anilines is 1. The van der Waals surface area contributed by atoms with Gasteiger partial charge in [0.15, 0.2) is 0 Å². The maximum absolute atomic E-state index is 13.5. The third kappa shape index (κ3) is 7.26. The van der Waals surface area contributed by atoms with E-state index in [1.54, 1.807) is 42.3 Å². The molecule has 0 radical (unpaired) electrons. The van der Waals surface area contributed by atoms with Gasteiger partial charge in [-0.05, 0) is 60.0 Å². The van der Waals surface area contributed by atoms with Crippen molar-refractivity contribution in [1.82, 2.24) is 4.90 Å². The highest BCUT2D eigenvalue weighted by atomic mass is 35.5. The summed E-state index contributed by atoms with van der Waals surface area (Å²) in [5, 5.41) is 3.96. The largest absolute Gasteiger partial charge is 0.461 e. The second-order valence-corrected chi connectivity index (χ2v) is 8.52. The maximum atomic E-state index is 13.5. The second-order valence-electron chi connectivity index (χ2n) is 7.65. The fourth-order valence-corrected chi connectivity index (χ4v) is 3.63. The van der Waals surface area contributed by atoms with Gasteiger partial charge >= 0.3 is 12.5 Å². The van der Waals surface area contributed by atoms with Crippen molar-refractivity contribution in [2.75, 3.05) is 18.9 Å². The van der Waals surface area contributed by atoms with E-state index in [4.69, 9.17) is 23.2 Å². The Balaban J connectivity index is 1.83. The first-order chi connectivity index (χ1) is 16.6. The standard InChI is InChI=1S/C25H22Cl2F4N2O2/c1-32-22-11-8-19(27)14-21(22)23(34)33(13-12-16-2-6-18(26)7-3-16)15-17-4-9-20(10-5-17)35-25(30,31)24(28)29/h2-11,14,24,32H,12-13,15H2,1H3. The van der Waals surface area contributed by atoms with Gasteiger partial charge in [-0.3, -0.25) is 4.79 Å². The zero-order valence-corrected chi connectivity index (χ0v) is 20.1. The Morgan fingerprint density at radius 3 is 2.17 bits per heavy atom. The van der Waals surface area contributed by atoms with Gasteiger partial charge < -0.3 is 15.0 Å². The fraction of sp³-hybridized carbons (Fsp3) is 0.240. The molecule has 35 heavy (non-hydrogen) atoms. The van der Waals surface area contributed by atoms with E-state index < -0.39 is 18.3 Å². The first kappa shape index (κ1) is 26.6. The average molecular weight is 529 g/mol. The molecule has 0 aliphatic heterocycles. The molecule has 1 N–H and O–H groups in total. The molecular formula is C25H22Cl2F4N2O2. The predicted molar refractivity (Wildman–Crippen MR) is 129 cm³/mol. The number of benzene rings is 3. The van der Waals surface area contributed by atoms with Crippen molar-refractivity contribution in [3.8, 4) is 5.75 Å². The van der Waals surface area contributed by atoms with Crippen LogP contribution in [0.5, 0.6) is 5.75 Å². The van der Waals surface area contributed by atoms with E-state index >= 15 is 0 Å². The number of ether oxygens (including phenoxy) is 1. The molecule has 0 saturated heterocycles. The normalized spacial score (nSPS) is 11.4. The molecule has 0 atom stereocenters. The smallest absolute Gasteiger partial charge is 0.428 e. The van der Waals surface area contributed by atoms with Gasteiger partial charge in [0, 0.05) is 35.9 Å². The third-order valence-electron chi connectivity index (χ3n) is 5.16.